The van der Waals surface area contributed by atoms with E-state index in [4.69, 9.17) is 13.8 Å². The van der Waals surface area contributed by atoms with E-state index in [0.29, 0.717) is 5.89 Å². The number of fused-ring (bicyclic) bond motifs is 8. The minimum atomic E-state index is -0.0577. The molecule has 10 rings (SSSR count). The Kier molecular flexibility index (Phi) is 5.59. The largest absolute Gasteiger partial charge is 0.456 e. The monoisotopic (exact) mass is 618 g/mol. The second-order valence-corrected chi connectivity index (χ2v) is 13.2. The van der Waals surface area contributed by atoms with Gasteiger partial charge in [0.15, 0.2) is 5.58 Å². The maximum Gasteiger partial charge on any atom is 0.228 e. The summed E-state index contributed by atoms with van der Waals surface area (Å²) in [7, 11) is 0. The molecule has 4 nitrogen and oxygen atoms in total. The number of rotatable bonds is 4. The molecule has 0 unspecified atom stereocenters. The first-order valence-electron chi connectivity index (χ1n) is 16.4. The first kappa shape index (κ1) is 27.0. The molecule has 0 saturated heterocycles. The summed E-state index contributed by atoms with van der Waals surface area (Å²) in [6, 6.07) is 51.4. The first-order chi connectivity index (χ1) is 23.5. The van der Waals surface area contributed by atoms with Gasteiger partial charge in [-0.05, 0) is 93.7 Å². The quantitative estimate of drug-likeness (QED) is 0.197. The van der Waals surface area contributed by atoms with Crippen molar-refractivity contribution in [1.29, 1.82) is 0 Å². The Morgan fingerprint density at radius 3 is 2.10 bits per heavy atom. The van der Waals surface area contributed by atoms with Gasteiger partial charge in [-0.2, -0.15) is 0 Å². The van der Waals surface area contributed by atoms with Crippen LogP contribution in [0, 0.1) is 0 Å². The highest BCUT2D eigenvalue weighted by atomic mass is 16.3. The Morgan fingerprint density at radius 2 is 1.19 bits per heavy atom. The molecule has 4 heteroatoms. The van der Waals surface area contributed by atoms with Gasteiger partial charge in [-0.15, -0.1) is 0 Å². The van der Waals surface area contributed by atoms with Crippen molar-refractivity contribution in [3.05, 3.63) is 157 Å². The Morgan fingerprint density at radius 1 is 0.500 bits per heavy atom. The molecule has 48 heavy (non-hydrogen) atoms. The molecule has 0 atom stereocenters. The van der Waals surface area contributed by atoms with Crippen LogP contribution in [0.4, 0.5) is 17.1 Å². The molecule has 228 valence electrons. The lowest BCUT2D eigenvalue weighted by atomic mass is 9.82. The minimum Gasteiger partial charge on any atom is -0.456 e. The number of nitrogens with zero attached hydrogens (tertiary/aromatic N) is 2. The van der Waals surface area contributed by atoms with E-state index in [1.165, 1.54) is 33.0 Å². The lowest BCUT2D eigenvalue weighted by Crippen LogP contribution is -2.15. The third-order valence-corrected chi connectivity index (χ3v) is 10.1. The summed E-state index contributed by atoms with van der Waals surface area (Å²) in [5.74, 6) is 0.590. The average Bonchev–Trinajstić information content (AvgIpc) is 3.79. The van der Waals surface area contributed by atoms with Crippen molar-refractivity contribution in [3.63, 3.8) is 0 Å². The summed E-state index contributed by atoms with van der Waals surface area (Å²) in [6.45, 7) is 4.64. The van der Waals surface area contributed by atoms with E-state index in [2.05, 4.69) is 128 Å². The van der Waals surface area contributed by atoms with Gasteiger partial charge in [-0.25, -0.2) is 4.98 Å². The van der Waals surface area contributed by atoms with Crippen LogP contribution >= 0.6 is 0 Å². The Balaban J connectivity index is 1.17. The molecule has 9 aromatic rings. The fraction of sp³-hybridized carbons (Fsp3) is 0.0682. The number of hydrogen-bond donors (Lipinski definition) is 0. The lowest BCUT2D eigenvalue weighted by molar-refractivity contribution is 0.620. The van der Waals surface area contributed by atoms with Crippen LogP contribution in [0.5, 0.6) is 0 Å². The highest BCUT2D eigenvalue weighted by molar-refractivity contribution is 6.12. The number of anilines is 3. The van der Waals surface area contributed by atoms with Crippen LogP contribution < -0.4 is 4.90 Å². The number of para-hydroxylation sites is 2. The standard InChI is InChI=1S/C44H30N2O2/c1-44(2)36-14-6-5-12-32(36)35-25-30(21-23-37(35)44)46(29-19-18-27-10-3-4-11-28(27)24-29)31-20-22-33-41(26-31)47-40-17-9-13-34(42(33)40)43-45-38-15-7-8-16-39(38)48-43/h3-26H,1-2H3. The second-order valence-electron chi connectivity index (χ2n) is 13.2. The SMILES string of the molecule is CC1(C)c2ccccc2-c2cc(N(c3ccc4ccccc4c3)c3ccc4c(c3)oc3cccc(-c5nc6ccccc6o5)c34)ccc21. The van der Waals surface area contributed by atoms with Crippen LogP contribution in [0.2, 0.25) is 0 Å². The molecule has 0 N–H and O–H groups in total. The molecule has 7 aromatic carbocycles. The van der Waals surface area contributed by atoms with Gasteiger partial charge in [0.2, 0.25) is 5.89 Å². The van der Waals surface area contributed by atoms with Gasteiger partial charge in [0.1, 0.15) is 16.7 Å². The summed E-state index contributed by atoms with van der Waals surface area (Å²) in [4.78, 5) is 7.15. The first-order valence-corrected chi connectivity index (χ1v) is 16.4. The van der Waals surface area contributed by atoms with Crippen molar-refractivity contribution < 1.29 is 8.83 Å². The van der Waals surface area contributed by atoms with E-state index in [1.54, 1.807) is 0 Å². The molecule has 2 aromatic heterocycles. The summed E-state index contributed by atoms with van der Waals surface area (Å²) < 4.78 is 12.8. The fourth-order valence-corrected chi connectivity index (χ4v) is 7.73. The third kappa shape index (κ3) is 3.93. The van der Waals surface area contributed by atoms with Crippen LogP contribution in [0.3, 0.4) is 0 Å². The fourth-order valence-electron chi connectivity index (χ4n) is 7.73. The number of oxazole rings is 1. The van der Waals surface area contributed by atoms with Crippen molar-refractivity contribution in [2.24, 2.45) is 0 Å². The van der Waals surface area contributed by atoms with E-state index in [9.17, 15) is 0 Å². The number of aromatic nitrogens is 1. The van der Waals surface area contributed by atoms with Crippen LogP contribution in [0.25, 0.3) is 66.4 Å². The highest BCUT2D eigenvalue weighted by Gasteiger charge is 2.35. The predicted octanol–water partition coefficient (Wildman–Crippen LogP) is 12.3. The van der Waals surface area contributed by atoms with Crippen molar-refractivity contribution in [2.75, 3.05) is 4.90 Å². The van der Waals surface area contributed by atoms with E-state index >= 15 is 0 Å². The van der Waals surface area contributed by atoms with Gasteiger partial charge < -0.3 is 13.7 Å². The smallest absolute Gasteiger partial charge is 0.228 e. The lowest BCUT2D eigenvalue weighted by Gasteiger charge is -2.27. The summed E-state index contributed by atoms with van der Waals surface area (Å²) in [5.41, 5.74) is 12.6. The Labute approximate surface area is 277 Å². The molecule has 1 aliphatic rings. The van der Waals surface area contributed by atoms with Gasteiger partial charge in [0.25, 0.3) is 0 Å². The van der Waals surface area contributed by atoms with Gasteiger partial charge in [-0.3, -0.25) is 0 Å². The van der Waals surface area contributed by atoms with E-state index in [0.717, 1.165) is 55.7 Å². The maximum atomic E-state index is 6.57. The van der Waals surface area contributed by atoms with Crippen LogP contribution in [0.1, 0.15) is 25.0 Å². The number of furan rings is 1. The van der Waals surface area contributed by atoms with Crippen LogP contribution in [-0.4, -0.2) is 4.98 Å². The normalized spacial score (nSPS) is 13.4. The van der Waals surface area contributed by atoms with Crippen molar-refractivity contribution in [3.8, 4) is 22.6 Å². The molecular weight excluding hydrogens is 588 g/mol. The van der Waals surface area contributed by atoms with E-state index in [-0.39, 0.29) is 5.41 Å². The van der Waals surface area contributed by atoms with Gasteiger partial charge >= 0.3 is 0 Å². The molecule has 2 heterocycles. The zero-order valence-electron chi connectivity index (χ0n) is 26.6. The predicted molar refractivity (Wildman–Crippen MR) is 196 cm³/mol. The zero-order chi connectivity index (χ0) is 32.0. The second kappa shape index (κ2) is 9.93. The summed E-state index contributed by atoms with van der Waals surface area (Å²) >= 11 is 0. The Hall–Kier alpha value is -6.13. The molecule has 0 aliphatic heterocycles. The number of hydrogen-bond acceptors (Lipinski definition) is 4. The van der Waals surface area contributed by atoms with Crippen molar-refractivity contribution >= 4 is 60.9 Å². The molecule has 0 saturated carbocycles. The topological polar surface area (TPSA) is 42.4 Å². The maximum absolute atomic E-state index is 6.57. The minimum absolute atomic E-state index is 0.0577. The Bertz CT molecular complexity index is 2700. The molecule has 0 fully saturated rings. The van der Waals surface area contributed by atoms with Crippen molar-refractivity contribution in [1.82, 2.24) is 4.98 Å². The zero-order valence-corrected chi connectivity index (χ0v) is 26.6. The van der Waals surface area contributed by atoms with Gasteiger partial charge in [-0.1, -0.05) is 92.7 Å². The van der Waals surface area contributed by atoms with Gasteiger partial charge in [0, 0.05) is 44.9 Å². The molecule has 0 radical (unpaired) electrons. The molecule has 1 aliphatic carbocycles. The van der Waals surface area contributed by atoms with Crippen molar-refractivity contribution in [2.45, 2.75) is 19.3 Å². The summed E-state index contributed by atoms with van der Waals surface area (Å²) in [5, 5.41) is 4.43. The van der Waals surface area contributed by atoms with Crippen LogP contribution in [-0.2, 0) is 5.41 Å². The molecule has 0 amide bonds. The molecular formula is C44H30N2O2. The molecule has 0 bridgehead atoms. The average molecular weight is 619 g/mol. The van der Waals surface area contributed by atoms with E-state index < -0.39 is 0 Å². The third-order valence-electron chi connectivity index (χ3n) is 10.1. The van der Waals surface area contributed by atoms with Gasteiger partial charge in [0.05, 0.1) is 0 Å². The van der Waals surface area contributed by atoms with E-state index in [1.807, 2.05) is 36.4 Å². The highest BCUT2D eigenvalue weighted by Crippen LogP contribution is 2.51. The summed E-state index contributed by atoms with van der Waals surface area (Å²) in [6.07, 6.45) is 0. The molecule has 0 spiro atoms. The number of benzene rings is 7. The van der Waals surface area contributed by atoms with Crippen LogP contribution in [0.15, 0.2) is 154 Å².